The molecule has 7 heteroatoms. The molecular formula is C29H31N3O4. The molecule has 0 aliphatic carbocycles. The molecule has 3 aromatic rings. The monoisotopic (exact) mass is 485 g/mol. The molecule has 2 fully saturated rings. The Morgan fingerprint density at radius 3 is 2.42 bits per heavy atom. The Morgan fingerprint density at radius 1 is 0.972 bits per heavy atom. The number of ether oxygens (including phenoxy) is 1. The van der Waals surface area contributed by atoms with Crippen LogP contribution in [0.3, 0.4) is 0 Å². The summed E-state index contributed by atoms with van der Waals surface area (Å²) in [5.74, 6) is -0.522. The van der Waals surface area contributed by atoms with E-state index >= 15 is 0 Å². The quantitative estimate of drug-likeness (QED) is 0.542. The molecule has 5 rings (SSSR count). The van der Waals surface area contributed by atoms with E-state index in [4.69, 9.17) is 4.74 Å². The van der Waals surface area contributed by atoms with E-state index in [1.807, 2.05) is 77.7 Å². The Morgan fingerprint density at radius 2 is 1.67 bits per heavy atom. The van der Waals surface area contributed by atoms with E-state index < -0.39 is 17.7 Å². The van der Waals surface area contributed by atoms with Gasteiger partial charge in [-0.25, -0.2) is 0 Å². The van der Waals surface area contributed by atoms with Crippen LogP contribution in [-0.4, -0.2) is 65.5 Å². The Bertz CT molecular complexity index is 1260. The number of amides is 2. The summed E-state index contributed by atoms with van der Waals surface area (Å²) >= 11 is 0. The molecule has 0 saturated carbocycles. The number of benzene rings is 3. The number of carbonyl (C=O) groups excluding carboxylic acids is 3. The van der Waals surface area contributed by atoms with Crippen molar-refractivity contribution < 1.29 is 19.1 Å². The molecule has 2 amide bonds. The fourth-order valence-electron chi connectivity index (χ4n) is 5.49. The van der Waals surface area contributed by atoms with Gasteiger partial charge in [0.15, 0.2) is 0 Å². The molecule has 0 bridgehead atoms. The van der Waals surface area contributed by atoms with Gasteiger partial charge in [0.25, 0.3) is 5.91 Å². The molecule has 2 saturated heterocycles. The van der Waals surface area contributed by atoms with Crippen LogP contribution in [0, 0.1) is 0 Å². The molecule has 7 nitrogen and oxygen atoms in total. The first-order valence-corrected chi connectivity index (χ1v) is 12.6. The fraction of sp³-hybridized carbons (Fsp3) is 0.345. The van der Waals surface area contributed by atoms with Crippen LogP contribution in [0.15, 0.2) is 72.8 Å². The van der Waals surface area contributed by atoms with Gasteiger partial charge in [0.05, 0.1) is 18.3 Å². The second-order valence-corrected chi connectivity index (χ2v) is 9.47. The van der Waals surface area contributed by atoms with Crippen molar-refractivity contribution in [2.24, 2.45) is 0 Å². The van der Waals surface area contributed by atoms with Crippen LogP contribution >= 0.6 is 0 Å². The SMILES string of the molecule is CCOC(=O)CN1C(=O)C(Cc2ccccc2)NC12CCN(C(=O)c1cccc3ccccc13)CC2. The number of nitrogens with zero attached hydrogens (tertiary/aromatic N) is 2. The summed E-state index contributed by atoms with van der Waals surface area (Å²) in [6.45, 7) is 2.90. The third kappa shape index (κ3) is 4.58. The maximum Gasteiger partial charge on any atom is 0.325 e. The van der Waals surface area contributed by atoms with Gasteiger partial charge in [0.2, 0.25) is 5.91 Å². The molecule has 1 atom stereocenters. The topological polar surface area (TPSA) is 79.0 Å². The van der Waals surface area contributed by atoms with Gasteiger partial charge >= 0.3 is 5.97 Å². The van der Waals surface area contributed by atoms with Gasteiger partial charge in [0, 0.05) is 31.5 Å². The van der Waals surface area contributed by atoms with Gasteiger partial charge in [-0.1, -0.05) is 66.7 Å². The Balaban J connectivity index is 1.35. The lowest BCUT2D eigenvalue weighted by Gasteiger charge is -2.44. The minimum Gasteiger partial charge on any atom is -0.465 e. The van der Waals surface area contributed by atoms with Gasteiger partial charge in [-0.15, -0.1) is 0 Å². The summed E-state index contributed by atoms with van der Waals surface area (Å²) in [6, 6.07) is 23.1. The zero-order valence-electron chi connectivity index (χ0n) is 20.5. The first-order chi connectivity index (χ1) is 17.5. The molecule has 1 spiro atoms. The summed E-state index contributed by atoms with van der Waals surface area (Å²) in [4.78, 5) is 42.9. The lowest BCUT2D eigenvalue weighted by atomic mass is 9.94. The highest BCUT2D eigenvalue weighted by Crippen LogP contribution is 2.34. The zero-order chi connectivity index (χ0) is 25.1. The van der Waals surface area contributed by atoms with Gasteiger partial charge in [0.1, 0.15) is 6.54 Å². The molecule has 186 valence electrons. The zero-order valence-corrected chi connectivity index (χ0v) is 20.5. The van der Waals surface area contributed by atoms with E-state index in [0.29, 0.717) is 37.9 Å². The fourth-order valence-corrected chi connectivity index (χ4v) is 5.49. The van der Waals surface area contributed by atoms with Crippen LogP contribution in [0.2, 0.25) is 0 Å². The van der Waals surface area contributed by atoms with Crippen molar-refractivity contribution in [2.45, 2.75) is 37.9 Å². The highest BCUT2D eigenvalue weighted by atomic mass is 16.5. The van der Waals surface area contributed by atoms with E-state index in [0.717, 1.165) is 16.3 Å². The van der Waals surface area contributed by atoms with Gasteiger partial charge < -0.3 is 14.5 Å². The predicted molar refractivity (Wildman–Crippen MR) is 137 cm³/mol. The van der Waals surface area contributed by atoms with Crippen molar-refractivity contribution in [3.63, 3.8) is 0 Å². The summed E-state index contributed by atoms with van der Waals surface area (Å²) in [5, 5.41) is 5.53. The number of esters is 1. The average molecular weight is 486 g/mol. The van der Waals surface area contributed by atoms with Crippen molar-refractivity contribution in [3.8, 4) is 0 Å². The molecule has 36 heavy (non-hydrogen) atoms. The van der Waals surface area contributed by atoms with Crippen molar-refractivity contribution in [2.75, 3.05) is 26.2 Å². The number of nitrogens with one attached hydrogen (secondary N) is 1. The minimum atomic E-state index is -0.682. The van der Waals surface area contributed by atoms with Crippen LogP contribution < -0.4 is 5.32 Å². The van der Waals surface area contributed by atoms with E-state index in [1.54, 1.807) is 11.8 Å². The number of carbonyl (C=O) groups is 3. The van der Waals surface area contributed by atoms with Gasteiger partial charge in [-0.3, -0.25) is 19.7 Å². The van der Waals surface area contributed by atoms with Gasteiger partial charge in [-0.2, -0.15) is 0 Å². The van der Waals surface area contributed by atoms with Crippen molar-refractivity contribution in [3.05, 3.63) is 83.9 Å². The molecule has 0 aromatic heterocycles. The van der Waals surface area contributed by atoms with E-state index in [9.17, 15) is 14.4 Å². The van der Waals surface area contributed by atoms with Crippen molar-refractivity contribution in [1.82, 2.24) is 15.1 Å². The number of likely N-dealkylation sites (tertiary alicyclic amines) is 1. The second kappa shape index (κ2) is 10.1. The van der Waals surface area contributed by atoms with E-state index in [1.165, 1.54) is 0 Å². The second-order valence-electron chi connectivity index (χ2n) is 9.47. The highest BCUT2D eigenvalue weighted by molar-refractivity contribution is 6.07. The number of hydrogen-bond acceptors (Lipinski definition) is 5. The first kappa shape index (κ1) is 24.0. The largest absolute Gasteiger partial charge is 0.465 e. The summed E-state index contributed by atoms with van der Waals surface area (Å²) < 4.78 is 5.17. The van der Waals surface area contributed by atoms with Crippen LogP contribution in [0.1, 0.15) is 35.7 Å². The van der Waals surface area contributed by atoms with Gasteiger partial charge in [-0.05, 0) is 35.7 Å². The molecule has 1 unspecified atom stereocenters. The third-order valence-electron chi connectivity index (χ3n) is 7.30. The average Bonchev–Trinajstić information content (AvgIpc) is 3.14. The number of hydrogen-bond donors (Lipinski definition) is 1. The lowest BCUT2D eigenvalue weighted by molar-refractivity contribution is -0.151. The third-order valence-corrected chi connectivity index (χ3v) is 7.30. The molecule has 2 aliphatic rings. The van der Waals surface area contributed by atoms with Crippen LogP contribution in [0.5, 0.6) is 0 Å². The molecule has 1 N–H and O–H groups in total. The molecule has 2 heterocycles. The summed E-state index contributed by atoms with van der Waals surface area (Å²) in [7, 11) is 0. The molecule has 2 aliphatic heterocycles. The molecule has 3 aromatic carbocycles. The Kier molecular flexibility index (Phi) is 6.74. The normalized spacial score (nSPS) is 19.1. The van der Waals surface area contributed by atoms with E-state index in [2.05, 4.69) is 5.32 Å². The predicted octanol–water partition coefficient (Wildman–Crippen LogP) is 3.38. The van der Waals surface area contributed by atoms with Crippen LogP contribution in [0.4, 0.5) is 0 Å². The van der Waals surface area contributed by atoms with Crippen molar-refractivity contribution in [1.29, 1.82) is 0 Å². The Hall–Kier alpha value is -3.71. The molecule has 0 radical (unpaired) electrons. The highest BCUT2D eigenvalue weighted by Gasteiger charge is 2.52. The van der Waals surface area contributed by atoms with Crippen LogP contribution in [-0.2, 0) is 20.7 Å². The maximum atomic E-state index is 13.5. The summed E-state index contributed by atoms with van der Waals surface area (Å²) in [6.07, 6.45) is 1.62. The number of fused-ring (bicyclic) bond motifs is 1. The minimum absolute atomic E-state index is 0.0104. The lowest BCUT2D eigenvalue weighted by Crippen LogP contribution is -2.60. The Labute approximate surface area is 211 Å². The standard InChI is InChI=1S/C29H31N3O4/c1-2-36-26(33)20-32-28(35)25(19-21-9-4-3-5-10-21)30-29(32)15-17-31(18-16-29)27(34)24-14-8-12-22-11-6-7-13-23(22)24/h3-14,25,30H,2,15-20H2,1H3. The van der Waals surface area contributed by atoms with E-state index in [-0.39, 0.29) is 25.0 Å². The molecular weight excluding hydrogens is 454 g/mol. The van der Waals surface area contributed by atoms with Crippen molar-refractivity contribution >= 4 is 28.6 Å². The number of rotatable bonds is 6. The smallest absolute Gasteiger partial charge is 0.325 e. The number of piperidine rings is 1. The van der Waals surface area contributed by atoms with Crippen LogP contribution in [0.25, 0.3) is 10.8 Å². The first-order valence-electron chi connectivity index (χ1n) is 12.6. The maximum absolute atomic E-state index is 13.5. The summed E-state index contributed by atoms with van der Waals surface area (Å²) in [5.41, 5.74) is 1.06.